The second-order valence-electron chi connectivity index (χ2n) is 6.29. The van der Waals surface area contributed by atoms with Crippen LogP contribution in [0.4, 0.5) is 10.1 Å². The zero-order valence-electron chi connectivity index (χ0n) is 13.8. The van der Waals surface area contributed by atoms with E-state index in [4.69, 9.17) is 0 Å². The summed E-state index contributed by atoms with van der Waals surface area (Å²) in [6.07, 6.45) is 0. The molecule has 1 unspecified atom stereocenters. The van der Waals surface area contributed by atoms with Crippen molar-refractivity contribution in [3.63, 3.8) is 0 Å². The minimum absolute atomic E-state index is 0.0236. The van der Waals surface area contributed by atoms with Crippen molar-refractivity contribution in [2.24, 2.45) is 7.05 Å². The van der Waals surface area contributed by atoms with E-state index in [1.54, 1.807) is 17.8 Å². The van der Waals surface area contributed by atoms with Gasteiger partial charge in [-0.25, -0.2) is 4.39 Å². The number of nitrogens with one attached hydrogen (secondary N) is 3. The first-order valence-electron chi connectivity index (χ1n) is 8.23. The van der Waals surface area contributed by atoms with Gasteiger partial charge in [0.2, 0.25) is 11.8 Å². The molecule has 1 atom stereocenters. The van der Waals surface area contributed by atoms with E-state index in [1.165, 1.54) is 6.07 Å². The lowest BCUT2D eigenvalue weighted by Gasteiger charge is -2.29. The number of fused-ring (bicyclic) bond motifs is 1. The maximum absolute atomic E-state index is 14.7. The Morgan fingerprint density at radius 1 is 1.24 bits per heavy atom. The topological polar surface area (TPSA) is 91.3 Å². The van der Waals surface area contributed by atoms with Crippen LogP contribution >= 0.6 is 0 Å². The van der Waals surface area contributed by atoms with E-state index in [9.17, 15) is 14.0 Å². The number of nitrogens with zero attached hydrogens (tertiary/aromatic N) is 3. The van der Waals surface area contributed by atoms with E-state index in [-0.39, 0.29) is 18.3 Å². The molecule has 1 aromatic heterocycles. The van der Waals surface area contributed by atoms with Crippen molar-refractivity contribution in [1.82, 2.24) is 25.7 Å². The third-order valence-electron chi connectivity index (χ3n) is 4.67. The van der Waals surface area contributed by atoms with E-state index in [0.29, 0.717) is 16.8 Å². The molecular formula is C16H19FN6O2. The van der Waals surface area contributed by atoms with E-state index in [1.807, 2.05) is 4.90 Å². The summed E-state index contributed by atoms with van der Waals surface area (Å²) in [6.45, 7) is 3.13. The van der Waals surface area contributed by atoms with Gasteiger partial charge >= 0.3 is 0 Å². The Morgan fingerprint density at radius 2 is 2.00 bits per heavy atom. The number of aryl methyl sites for hydroxylation is 1. The number of imide groups is 1. The second kappa shape index (κ2) is 6.08. The molecule has 9 heteroatoms. The Labute approximate surface area is 143 Å². The second-order valence-corrected chi connectivity index (χ2v) is 6.29. The predicted octanol–water partition coefficient (Wildman–Crippen LogP) is -0.591. The van der Waals surface area contributed by atoms with Gasteiger partial charge in [-0.2, -0.15) is 5.10 Å². The van der Waals surface area contributed by atoms with Crippen LogP contribution in [0.1, 0.15) is 11.7 Å². The molecule has 2 fully saturated rings. The highest BCUT2D eigenvalue weighted by molar-refractivity contribution is 6.03. The number of halogens is 1. The fourth-order valence-electron chi connectivity index (χ4n) is 3.42. The van der Waals surface area contributed by atoms with Crippen LogP contribution in [-0.2, 0) is 16.6 Å². The van der Waals surface area contributed by atoms with Gasteiger partial charge in [-0.05, 0) is 12.1 Å². The number of anilines is 1. The van der Waals surface area contributed by atoms with E-state index in [0.717, 1.165) is 31.7 Å². The van der Waals surface area contributed by atoms with Gasteiger partial charge in [0, 0.05) is 38.6 Å². The molecule has 1 aromatic carbocycles. The molecule has 25 heavy (non-hydrogen) atoms. The monoisotopic (exact) mass is 346 g/mol. The van der Waals surface area contributed by atoms with Crippen LogP contribution in [0.2, 0.25) is 0 Å². The highest BCUT2D eigenvalue weighted by atomic mass is 19.1. The standard InChI is InChI=1S/C16H19FN6O2/c1-22-11-7-12(23-4-2-18-3-5-23)10(17)6-9(11)14(21-22)15-16(25)20-13(24)8-19-15/h6-7,15,18-19H,2-5,8H2,1H3,(H,20,24,25). The highest BCUT2D eigenvalue weighted by Crippen LogP contribution is 2.31. The molecule has 0 bridgehead atoms. The van der Waals surface area contributed by atoms with Crippen molar-refractivity contribution in [2.75, 3.05) is 37.6 Å². The van der Waals surface area contributed by atoms with Crippen molar-refractivity contribution in [2.45, 2.75) is 6.04 Å². The van der Waals surface area contributed by atoms with Crippen LogP contribution in [0, 0.1) is 5.82 Å². The van der Waals surface area contributed by atoms with Gasteiger partial charge < -0.3 is 10.2 Å². The number of piperazine rings is 2. The molecule has 132 valence electrons. The molecule has 0 spiro atoms. The van der Waals surface area contributed by atoms with Crippen molar-refractivity contribution >= 4 is 28.4 Å². The quantitative estimate of drug-likeness (QED) is 0.630. The predicted molar refractivity (Wildman–Crippen MR) is 89.6 cm³/mol. The maximum Gasteiger partial charge on any atom is 0.250 e. The Morgan fingerprint density at radius 3 is 2.72 bits per heavy atom. The van der Waals surface area contributed by atoms with Gasteiger partial charge in [-0.3, -0.25) is 24.9 Å². The number of hydrogen-bond acceptors (Lipinski definition) is 6. The summed E-state index contributed by atoms with van der Waals surface area (Å²) in [4.78, 5) is 25.4. The molecule has 2 aliphatic heterocycles. The lowest BCUT2D eigenvalue weighted by atomic mass is 10.1. The van der Waals surface area contributed by atoms with E-state index in [2.05, 4.69) is 21.0 Å². The maximum atomic E-state index is 14.7. The summed E-state index contributed by atoms with van der Waals surface area (Å²) in [5, 5.41) is 13.4. The third-order valence-corrected chi connectivity index (χ3v) is 4.67. The number of benzene rings is 1. The molecule has 2 aromatic rings. The number of carbonyl (C=O) groups is 2. The van der Waals surface area contributed by atoms with Gasteiger partial charge in [-0.15, -0.1) is 0 Å². The minimum Gasteiger partial charge on any atom is -0.367 e. The van der Waals surface area contributed by atoms with Gasteiger partial charge in [0.15, 0.2) is 0 Å². The molecular weight excluding hydrogens is 327 g/mol. The molecule has 0 saturated carbocycles. The third kappa shape index (κ3) is 2.75. The summed E-state index contributed by atoms with van der Waals surface area (Å²) in [7, 11) is 1.76. The molecule has 4 rings (SSSR count). The molecule has 3 N–H and O–H groups in total. The summed E-state index contributed by atoms with van der Waals surface area (Å²) < 4.78 is 16.4. The molecule has 0 radical (unpaired) electrons. The smallest absolute Gasteiger partial charge is 0.250 e. The Bertz CT molecular complexity index is 858. The number of carbonyl (C=O) groups excluding carboxylic acids is 2. The van der Waals surface area contributed by atoms with Crippen molar-refractivity contribution in [1.29, 1.82) is 0 Å². The lowest BCUT2D eigenvalue weighted by molar-refractivity contribution is -0.134. The Hall–Kier alpha value is -2.52. The molecule has 2 saturated heterocycles. The number of hydrogen-bond donors (Lipinski definition) is 3. The van der Waals surface area contributed by atoms with Crippen LogP contribution in [0.15, 0.2) is 12.1 Å². The van der Waals surface area contributed by atoms with Crippen molar-refractivity contribution < 1.29 is 14.0 Å². The average Bonchev–Trinajstić information content (AvgIpc) is 2.91. The van der Waals surface area contributed by atoms with Crippen LogP contribution in [-0.4, -0.2) is 54.3 Å². The van der Waals surface area contributed by atoms with E-state index >= 15 is 0 Å². The molecule has 3 heterocycles. The highest BCUT2D eigenvalue weighted by Gasteiger charge is 2.31. The fourth-order valence-corrected chi connectivity index (χ4v) is 3.42. The van der Waals surface area contributed by atoms with Gasteiger partial charge in [-0.1, -0.05) is 0 Å². The zero-order valence-corrected chi connectivity index (χ0v) is 13.8. The first kappa shape index (κ1) is 16.0. The zero-order chi connectivity index (χ0) is 17.6. The summed E-state index contributed by atoms with van der Waals surface area (Å²) in [5.74, 6) is -1.19. The fraction of sp³-hybridized carbons (Fsp3) is 0.438. The van der Waals surface area contributed by atoms with Crippen LogP contribution in [0.25, 0.3) is 10.9 Å². The van der Waals surface area contributed by atoms with Crippen LogP contribution < -0.4 is 20.9 Å². The van der Waals surface area contributed by atoms with Crippen LogP contribution in [0.3, 0.4) is 0 Å². The number of aromatic nitrogens is 2. The number of rotatable bonds is 2. The van der Waals surface area contributed by atoms with Gasteiger partial charge in [0.05, 0.1) is 23.4 Å². The largest absolute Gasteiger partial charge is 0.367 e. The lowest BCUT2D eigenvalue weighted by Crippen LogP contribution is -2.51. The van der Waals surface area contributed by atoms with E-state index < -0.39 is 11.9 Å². The molecule has 2 amide bonds. The first-order chi connectivity index (χ1) is 12.0. The first-order valence-corrected chi connectivity index (χ1v) is 8.23. The molecule has 8 nitrogen and oxygen atoms in total. The number of amides is 2. The van der Waals surface area contributed by atoms with Crippen molar-refractivity contribution in [3.05, 3.63) is 23.6 Å². The molecule has 2 aliphatic rings. The Kier molecular flexibility index (Phi) is 3.89. The summed E-state index contributed by atoms with van der Waals surface area (Å²) in [6, 6.07) is 2.43. The minimum atomic E-state index is -0.772. The normalized spacial score (nSPS) is 21.7. The average molecular weight is 346 g/mol. The van der Waals surface area contributed by atoms with Gasteiger partial charge in [0.1, 0.15) is 11.9 Å². The van der Waals surface area contributed by atoms with Gasteiger partial charge in [0.25, 0.3) is 0 Å². The van der Waals surface area contributed by atoms with Crippen LogP contribution in [0.5, 0.6) is 0 Å². The molecule has 0 aliphatic carbocycles. The Balaban J connectivity index is 1.76. The van der Waals surface area contributed by atoms with Crippen molar-refractivity contribution in [3.8, 4) is 0 Å². The summed E-state index contributed by atoms with van der Waals surface area (Å²) in [5.41, 5.74) is 1.71. The summed E-state index contributed by atoms with van der Waals surface area (Å²) >= 11 is 0. The SMILES string of the molecule is Cn1nc(C2NCC(=O)NC2=O)c2cc(F)c(N3CCNCC3)cc21.